The van der Waals surface area contributed by atoms with E-state index in [1.807, 2.05) is 19.0 Å². The molecule has 0 aliphatic rings. The second-order valence-electron chi connectivity index (χ2n) is 3.05. The molecule has 5 nitrogen and oxygen atoms in total. The molecule has 0 radical (unpaired) electrons. The number of carboxylic acid groups (broad SMARTS) is 1. The summed E-state index contributed by atoms with van der Waals surface area (Å²) in [5.41, 5.74) is 0. The molecule has 0 fully saturated rings. The molecule has 14 heavy (non-hydrogen) atoms. The monoisotopic (exact) mass is 216 g/mol. The van der Waals surface area contributed by atoms with Crippen molar-refractivity contribution in [2.24, 2.45) is 0 Å². The molecule has 1 aromatic heterocycles. The molecule has 78 valence electrons. The minimum atomic E-state index is -1.02. The topological polar surface area (TPSA) is 73.7 Å². The molecule has 1 atom stereocenters. The molecule has 6 heteroatoms. The lowest BCUT2D eigenvalue weighted by atomic mass is 10.2. The smallest absolute Gasteiger partial charge is 0.306 e. The van der Waals surface area contributed by atoms with E-state index in [2.05, 4.69) is 4.98 Å². The Hall–Kier alpha value is -1.14. The lowest BCUT2D eigenvalue weighted by Gasteiger charge is -2.06. The van der Waals surface area contributed by atoms with Crippen molar-refractivity contribution in [3.8, 4) is 0 Å². The summed E-state index contributed by atoms with van der Waals surface area (Å²) in [6.45, 7) is 0. The van der Waals surface area contributed by atoms with Crippen LogP contribution in [0.2, 0.25) is 0 Å². The first-order valence-corrected chi connectivity index (χ1v) is 4.85. The van der Waals surface area contributed by atoms with Crippen molar-refractivity contribution in [3.63, 3.8) is 0 Å². The average Bonchev–Trinajstić information content (AvgIpc) is 2.50. The fourth-order valence-electron chi connectivity index (χ4n) is 0.904. The van der Waals surface area contributed by atoms with Gasteiger partial charge in [0.2, 0.25) is 0 Å². The van der Waals surface area contributed by atoms with Crippen molar-refractivity contribution in [1.82, 2.24) is 4.98 Å². The van der Waals surface area contributed by atoms with E-state index >= 15 is 0 Å². The number of carboxylic acids is 1. The number of aliphatic hydroxyl groups excluding tert-OH is 1. The third-order valence-electron chi connectivity index (χ3n) is 1.59. The largest absolute Gasteiger partial charge is 0.481 e. The Kier molecular flexibility index (Phi) is 3.43. The van der Waals surface area contributed by atoms with Gasteiger partial charge in [-0.3, -0.25) is 4.79 Å². The number of hydrogen-bond acceptors (Lipinski definition) is 5. The molecule has 0 aliphatic heterocycles. The average molecular weight is 216 g/mol. The molecule has 0 aromatic carbocycles. The summed E-state index contributed by atoms with van der Waals surface area (Å²) < 4.78 is 0. The van der Waals surface area contributed by atoms with Gasteiger partial charge in [0.15, 0.2) is 5.13 Å². The number of aromatic nitrogens is 1. The zero-order valence-corrected chi connectivity index (χ0v) is 8.78. The van der Waals surface area contributed by atoms with Gasteiger partial charge in [-0.25, -0.2) is 4.98 Å². The maximum atomic E-state index is 10.3. The molecule has 0 saturated heterocycles. The number of aliphatic carboxylic acids is 1. The first-order valence-electron chi connectivity index (χ1n) is 4.03. The molecule has 0 bridgehead atoms. The van der Waals surface area contributed by atoms with Gasteiger partial charge in [0.05, 0.1) is 11.3 Å². The fourth-order valence-corrected chi connectivity index (χ4v) is 1.73. The van der Waals surface area contributed by atoms with E-state index < -0.39 is 12.1 Å². The number of rotatable bonds is 4. The van der Waals surface area contributed by atoms with E-state index in [-0.39, 0.29) is 6.42 Å². The van der Waals surface area contributed by atoms with Crippen LogP contribution in [0.1, 0.15) is 17.4 Å². The van der Waals surface area contributed by atoms with Crippen molar-refractivity contribution in [2.45, 2.75) is 12.5 Å². The van der Waals surface area contributed by atoms with Crippen LogP contribution in [0.15, 0.2) is 6.20 Å². The Morgan fingerprint density at radius 3 is 2.79 bits per heavy atom. The Morgan fingerprint density at radius 2 is 2.36 bits per heavy atom. The lowest BCUT2D eigenvalue weighted by Crippen LogP contribution is -2.07. The van der Waals surface area contributed by atoms with Crippen LogP contribution < -0.4 is 4.90 Å². The van der Waals surface area contributed by atoms with Gasteiger partial charge in [-0.2, -0.15) is 0 Å². The van der Waals surface area contributed by atoms with Gasteiger partial charge in [-0.05, 0) is 0 Å². The highest BCUT2D eigenvalue weighted by atomic mass is 32.1. The van der Waals surface area contributed by atoms with E-state index in [1.165, 1.54) is 17.5 Å². The predicted molar refractivity (Wildman–Crippen MR) is 53.7 cm³/mol. The van der Waals surface area contributed by atoms with Crippen molar-refractivity contribution in [1.29, 1.82) is 0 Å². The van der Waals surface area contributed by atoms with Crippen LogP contribution in [-0.2, 0) is 4.79 Å². The Balaban J connectivity index is 2.71. The van der Waals surface area contributed by atoms with Crippen molar-refractivity contribution < 1.29 is 15.0 Å². The summed E-state index contributed by atoms with van der Waals surface area (Å²) in [5.74, 6) is -1.02. The van der Waals surface area contributed by atoms with E-state index in [4.69, 9.17) is 5.11 Å². The van der Waals surface area contributed by atoms with E-state index in [0.29, 0.717) is 4.88 Å². The minimum Gasteiger partial charge on any atom is -0.481 e. The van der Waals surface area contributed by atoms with Gasteiger partial charge < -0.3 is 15.1 Å². The Morgan fingerprint density at radius 1 is 1.71 bits per heavy atom. The van der Waals surface area contributed by atoms with Crippen molar-refractivity contribution >= 4 is 22.4 Å². The maximum Gasteiger partial charge on any atom is 0.306 e. The molecule has 0 aliphatic carbocycles. The van der Waals surface area contributed by atoms with Crippen LogP contribution in [0.25, 0.3) is 0 Å². The molecule has 1 heterocycles. The third-order valence-corrected chi connectivity index (χ3v) is 2.86. The second kappa shape index (κ2) is 4.39. The molecule has 0 unspecified atom stereocenters. The van der Waals surface area contributed by atoms with Crippen molar-refractivity contribution in [2.75, 3.05) is 19.0 Å². The summed E-state index contributed by atoms with van der Waals surface area (Å²) in [6, 6.07) is 0. The number of aliphatic hydroxyl groups is 1. The van der Waals surface area contributed by atoms with Crippen LogP contribution in [0.5, 0.6) is 0 Å². The molecule has 0 amide bonds. The summed E-state index contributed by atoms with van der Waals surface area (Å²) in [4.78, 5) is 16.8. The van der Waals surface area contributed by atoms with E-state index in [9.17, 15) is 9.90 Å². The molecule has 1 aromatic rings. The predicted octanol–water partition coefficient (Wildman–Crippen LogP) is 0.717. The third kappa shape index (κ3) is 2.68. The summed E-state index contributed by atoms with van der Waals surface area (Å²) in [5, 5.41) is 18.7. The molecule has 2 N–H and O–H groups in total. The summed E-state index contributed by atoms with van der Waals surface area (Å²) >= 11 is 1.29. The highest BCUT2D eigenvalue weighted by Gasteiger charge is 2.15. The van der Waals surface area contributed by atoms with Crippen LogP contribution in [0.3, 0.4) is 0 Å². The highest BCUT2D eigenvalue weighted by molar-refractivity contribution is 7.15. The zero-order valence-electron chi connectivity index (χ0n) is 7.97. The molecule has 1 rings (SSSR count). The number of hydrogen-bond donors (Lipinski definition) is 2. The lowest BCUT2D eigenvalue weighted by molar-refractivity contribution is -0.139. The number of carbonyl (C=O) groups is 1. The molecule has 0 spiro atoms. The first-order chi connectivity index (χ1) is 6.50. The van der Waals surface area contributed by atoms with Crippen LogP contribution in [-0.4, -0.2) is 35.3 Å². The Bertz CT molecular complexity index is 324. The summed E-state index contributed by atoms with van der Waals surface area (Å²) in [7, 11) is 3.68. The highest BCUT2D eigenvalue weighted by Crippen LogP contribution is 2.27. The van der Waals surface area contributed by atoms with Gasteiger partial charge >= 0.3 is 5.97 Å². The van der Waals surface area contributed by atoms with E-state index in [0.717, 1.165) is 5.13 Å². The van der Waals surface area contributed by atoms with Gasteiger partial charge in [-0.15, -0.1) is 0 Å². The molecular formula is C8H12N2O3S. The second-order valence-corrected chi connectivity index (χ2v) is 4.09. The van der Waals surface area contributed by atoms with Gasteiger partial charge in [0.1, 0.15) is 6.10 Å². The van der Waals surface area contributed by atoms with Crippen LogP contribution >= 0.6 is 11.3 Å². The number of thiazole rings is 1. The first kappa shape index (κ1) is 10.9. The summed E-state index contributed by atoms with van der Waals surface area (Å²) in [6.07, 6.45) is 0.265. The van der Waals surface area contributed by atoms with Crippen molar-refractivity contribution in [3.05, 3.63) is 11.1 Å². The number of nitrogens with zero attached hydrogens (tertiary/aromatic N) is 2. The van der Waals surface area contributed by atoms with Gasteiger partial charge in [0, 0.05) is 20.3 Å². The fraction of sp³-hybridized carbons (Fsp3) is 0.500. The zero-order chi connectivity index (χ0) is 10.7. The standard InChI is InChI=1S/C8H12N2O3S/c1-10(2)8-9-4-6(14-8)5(11)3-7(12)13/h4-5,11H,3H2,1-2H3,(H,12,13)/t5-/m1/s1. The molecule has 0 saturated carbocycles. The van der Waals surface area contributed by atoms with E-state index in [1.54, 1.807) is 0 Å². The minimum absolute atomic E-state index is 0.283. The van der Waals surface area contributed by atoms with Gasteiger partial charge in [0.25, 0.3) is 0 Å². The Labute approximate surface area is 85.6 Å². The van der Waals surface area contributed by atoms with Crippen LogP contribution in [0.4, 0.5) is 5.13 Å². The number of anilines is 1. The SMILES string of the molecule is CN(C)c1ncc([C@H](O)CC(=O)O)s1. The maximum absolute atomic E-state index is 10.3. The normalized spacial score (nSPS) is 12.5. The van der Waals surface area contributed by atoms with Crippen LogP contribution in [0, 0.1) is 0 Å². The molecular weight excluding hydrogens is 204 g/mol. The quantitative estimate of drug-likeness (QED) is 0.775. The van der Waals surface area contributed by atoms with Gasteiger partial charge in [-0.1, -0.05) is 11.3 Å².